The largest absolute Gasteiger partial charge is 0.123 e. The van der Waals surface area contributed by atoms with Gasteiger partial charge in [-0.1, -0.05) is 57.8 Å². The maximum absolute atomic E-state index is 6.23. The van der Waals surface area contributed by atoms with Gasteiger partial charge in [-0.05, 0) is 24.7 Å². The molecule has 0 N–H and O–H groups in total. The Morgan fingerprint density at radius 3 is 2.13 bits per heavy atom. The van der Waals surface area contributed by atoms with E-state index < -0.39 is 0 Å². The second-order valence-corrected chi connectivity index (χ2v) is 6.33. The van der Waals surface area contributed by atoms with Crippen LogP contribution in [0.2, 0.25) is 0 Å². The van der Waals surface area contributed by atoms with E-state index in [0.717, 1.165) is 11.8 Å². The Morgan fingerprint density at radius 1 is 0.733 bits per heavy atom. The topological polar surface area (TPSA) is 0 Å². The predicted octanol–water partition coefficient (Wildman–Crippen LogP) is 5.14. The summed E-state index contributed by atoms with van der Waals surface area (Å²) in [5, 5.41) is 0.495. The molecule has 0 nitrogen and oxygen atoms in total. The zero-order valence-electron chi connectivity index (χ0n) is 9.89. The van der Waals surface area contributed by atoms with Crippen LogP contribution in [0.4, 0.5) is 0 Å². The van der Waals surface area contributed by atoms with Gasteiger partial charge in [0.05, 0.1) is 0 Å². The second kappa shape index (κ2) is 6.13. The van der Waals surface area contributed by atoms with Gasteiger partial charge in [0.25, 0.3) is 0 Å². The molecule has 0 heterocycles. The summed E-state index contributed by atoms with van der Waals surface area (Å²) >= 11 is 6.23. The van der Waals surface area contributed by atoms with E-state index in [1.807, 2.05) is 0 Å². The summed E-state index contributed by atoms with van der Waals surface area (Å²) in [6.07, 6.45) is 15.9. The monoisotopic (exact) mass is 228 g/mol. The first kappa shape index (κ1) is 11.8. The Balaban J connectivity index is 1.63. The summed E-state index contributed by atoms with van der Waals surface area (Å²) in [5.41, 5.74) is 0. The van der Waals surface area contributed by atoms with Gasteiger partial charge < -0.3 is 0 Å². The van der Waals surface area contributed by atoms with Crippen molar-refractivity contribution in [1.82, 2.24) is 0 Å². The quantitative estimate of drug-likeness (QED) is 0.587. The molecule has 0 saturated heterocycles. The van der Waals surface area contributed by atoms with E-state index in [1.54, 1.807) is 0 Å². The van der Waals surface area contributed by atoms with Gasteiger partial charge in [0, 0.05) is 5.38 Å². The molecule has 2 saturated carbocycles. The van der Waals surface area contributed by atoms with Crippen LogP contribution in [0.1, 0.15) is 70.6 Å². The van der Waals surface area contributed by atoms with Crippen LogP contribution in [0.3, 0.4) is 0 Å². The van der Waals surface area contributed by atoms with Crippen molar-refractivity contribution in [1.29, 1.82) is 0 Å². The molecule has 0 radical (unpaired) electrons. The number of halogens is 1. The van der Waals surface area contributed by atoms with Crippen molar-refractivity contribution in [2.24, 2.45) is 11.8 Å². The lowest BCUT2D eigenvalue weighted by atomic mass is 9.80. The second-order valence-electron chi connectivity index (χ2n) is 5.71. The van der Waals surface area contributed by atoms with E-state index in [0.29, 0.717) is 5.38 Å². The fraction of sp³-hybridized carbons (Fsp3) is 1.00. The van der Waals surface area contributed by atoms with Crippen molar-refractivity contribution >= 4 is 11.6 Å². The van der Waals surface area contributed by atoms with Crippen molar-refractivity contribution in [2.75, 3.05) is 0 Å². The van der Waals surface area contributed by atoms with Crippen LogP contribution in [0, 0.1) is 11.8 Å². The van der Waals surface area contributed by atoms with Crippen LogP contribution < -0.4 is 0 Å². The molecule has 15 heavy (non-hydrogen) atoms. The van der Waals surface area contributed by atoms with Crippen LogP contribution >= 0.6 is 11.6 Å². The molecule has 0 amide bonds. The lowest BCUT2D eigenvalue weighted by molar-refractivity contribution is 0.275. The molecule has 2 aliphatic carbocycles. The zero-order valence-corrected chi connectivity index (χ0v) is 10.6. The number of alkyl halides is 1. The minimum atomic E-state index is 0.495. The van der Waals surface area contributed by atoms with Gasteiger partial charge in [0.15, 0.2) is 0 Å². The molecule has 2 atom stereocenters. The zero-order chi connectivity index (χ0) is 10.5. The molecule has 1 heteroatoms. The molecule has 0 spiro atoms. The normalized spacial score (nSPS) is 34.2. The SMILES string of the molecule is ClC1CCCC(CCC2CCCCC2)C1. The van der Waals surface area contributed by atoms with Crippen LogP contribution in [0.5, 0.6) is 0 Å². The van der Waals surface area contributed by atoms with E-state index in [-0.39, 0.29) is 0 Å². The molecule has 2 unspecified atom stereocenters. The van der Waals surface area contributed by atoms with Crippen molar-refractivity contribution in [3.8, 4) is 0 Å². The van der Waals surface area contributed by atoms with Crippen LogP contribution in [-0.4, -0.2) is 5.38 Å². The Labute approximate surface area is 99.8 Å². The maximum atomic E-state index is 6.23. The molecule has 2 aliphatic rings. The average molecular weight is 229 g/mol. The summed E-state index contributed by atoms with van der Waals surface area (Å²) in [6, 6.07) is 0. The number of hydrogen-bond donors (Lipinski definition) is 0. The molecule has 88 valence electrons. The van der Waals surface area contributed by atoms with Crippen LogP contribution in [0.15, 0.2) is 0 Å². The molecule has 2 rings (SSSR count). The van der Waals surface area contributed by atoms with Crippen LogP contribution in [0.25, 0.3) is 0 Å². The van der Waals surface area contributed by atoms with Gasteiger partial charge in [-0.15, -0.1) is 11.6 Å². The van der Waals surface area contributed by atoms with Gasteiger partial charge in [0.2, 0.25) is 0 Å². The summed E-state index contributed by atoms with van der Waals surface area (Å²) in [4.78, 5) is 0. The van der Waals surface area contributed by atoms with Gasteiger partial charge in [0.1, 0.15) is 0 Å². The molecule has 0 aromatic carbocycles. The number of hydrogen-bond acceptors (Lipinski definition) is 0. The van der Waals surface area contributed by atoms with Gasteiger partial charge in [-0.2, -0.15) is 0 Å². The van der Waals surface area contributed by atoms with Gasteiger partial charge >= 0.3 is 0 Å². The van der Waals surface area contributed by atoms with Gasteiger partial charge in [-0.25, -0.2) is 0 Å². The molecule has 0 bridgehead atoms. The third-order valence-corrected chi connectivity index (χ3v) is 4.82. The third-order valence-electron chi connectivity index (χ3n) is 4.43. The summed E-state index contributed by atoms with van der Waals surface area (Å²) in [7, 11) is 0. The van der Waals surface area contributed by atoms with E-state index >= 15 is 0 Å². The highest BCUT2D eigenvalue weighted by atomic mass is 35.5. The highest BCUT2D eigenvalue weighted by Gasteiger charge is 2.21. The smallest absolute Gasteiger partial charge is 0.0338 e. The summed E-state index contributed by atoms with van der Waals surface area (Å²) in [5.74, 6) is 2.03. The Kier molecular flexibility index (Phi) is 4.81. The predicted molar refractivity (Wildman–Crippen MR) is 67.4 cm³/mol. The highest BCUT2D eigenvalue weighted by Crippen LogP contribution is 2.34. The summed E-state index contributed by atoms with van der Waals surface area (Å²) in [6.45, 7) is 0. The lowest BCUT2D eigenvalue weighted by Crippen LogP contribution is -2.17. The number of rotatable bonds is 3. The van der Waals surface area contributed by atoms with E-state index in [4.69, 9.17) is 11.6 Å². The first-order valence-electron chi connectivity index (χ1n) is 6.98. The first-order valence-corrected chi connectivity index (χ1v) is 7.42. The molecule has 0 aromatic heterocycles. The molecule has 2 fully saturated rings. The van der Waals surface area contributed by atoms with E-state index in [1.165, 1.54) is 70.6 Å². The summed E-state index contributed by atoms with van der Waals surface area (Å²) < 4.78 is 0. The van der Waals surface area contributed by atoms with Crippen molar-refractivity contribution < 1.29 is 0 Å². The molecule has 0 aromatic rings. The van der Waals surface area contributed by atoms with Crippen molar-refractivity contribution in [2.45, 2.75) is 76.0 Å². The fourth-order valence-corrected chi connectivity index (χ4v) is 3.84. The van der Waals surface area contributed by atoms with Crippen molar-refractivity contribution in [3.63, 3.8) is 0 Å². The first-order chi connectivity index (χ1) is 7.34. The Morgan fingerprint density at radius 2 is 1.40 bits per heavy atom. The average Bonchev–Trinajstić information content (AvgIpc) is 2.28. The standard InChI is InChI=1S/C14H25Cl/c15-14-8-4-7-13(11-14)10-9-12-5-2-1-3-6-12/h12-14H,1-11H2. The van der Waals surface area contributed by atoms with Crippen LogP contribution in [-0.2, 0) is 0 Å². The Hall–Kier alpha value is 0.290. The third kappa shape index (κ3) is 3.98. The molecule has 0 aliphatic heterocycles. The van der Waals surface area contributed by atoms with Gasteiger partial charge in [-0.3, -0.25) is 0 Å². The molecular formula is C14H25Cl. The molecular weight excluding hydrogens is 204 g/mol. The highest BCUT2D eigenvalue weighted by molar-refractivity contribution is 6.20. The Bertz CT molecular complexity index is 172. The fourth-order valence-electron chi connectivity index (χ4n) is 3.43. The lowest BCUT2D eigenvalue weighted by Gasteiger charge is -2.28. The van der Waals surface area contributed by atoms with E-state index in [2.05, 4.69) is 0 Å². The van der Waals surface area contributed by atoms with Crippen molar-refractivity contribution in [3.05, 3.63) is 0 Å². The minimum absolute atomic E-state index is 0.495. The minimum Gasteiger partial charge on any atom is -0.123 e. The van der Waals surface area contributed by atoms with E-state index in [9.17, 15) is 0 Å². The maximum Gasteiger partial charge on any atom is 0.0338 e.